The van der Waals surface area contributed by atoms with E-state index in [1.807, 2.05) is 0 Å². The van der Waals surface area contributed by atoms with Gasteiger partial charge in [-0.3, -0.25) is 4.79 Å². The molecule has 0 spiro atoms. The predicted molar refractivity (Wildman–Crippen MR) is 84.0 cm³/mol. The Kier molecular flexibility index (Phi) is 3.84. The standard InChI is InChI=1S/C16H14BrNO3/c17-13-9-15-14(20-5-2-6-21-15)8-12(13)16(19)10-3-1-4-11(18)7-10/h1,3-4,7-9H,2,5-6,18H2. The second kappa shape index (κ2) is 5.77. The summed E-state index contributed by atoms with van der Waals surface area (Å²) in [5.41, 5.74) is 7.38. The van der Waals surface area contributed by atoms with Crippen LogP contribution >= 0.6 is 15.9 Å². The first kappa shape index (κ1) is 13.9. The first-order valence-electron chi connectivity index (χ1n) is 6.64. The molecule has 1 aliphatic rings. The number of fused-ring (bicyclic) bond motifs is 1. The summed E-state index contributed by atoms with van der Waals surface area (Å²) in [5, 5.41) is 0. The largest absolute Gasteiger partial charge is 0.490 e. The Morgan fingerprint density at radius 2 is 1.81 bits per heavy atom. The summed E-state index contributed by atoms with van der Waals surface area (Å²) in [4.78, 5) is 12.6. The molecule has 5 heteroatoms. The Labute approximate surface area is 131 Å². The lowest BCUT2D eigenvalue weighted by Gasteiger charge is -2.11. The van der Waals surface area contributed by atoms with Crippen LogP contribution in [0.4, 0.5) is 5.69 Å². The van der Waals surface area contributed by atoms with Crippen LogP contribution < -0.4 is 15.2 Å². The normalized spacial score (nSPS) is 13.6. The van der Waals surface area contributed by atoms with Crippen molar-refractivity contribution in [3.63, 3.8) is 0 Å². The molecule has 0 amide bonds. The Morgan fingerprint density at radius 3 is 2.52 bits per heavy atom. The highest BCUT2D eigenvalue weighted by atomic mass is 79.9. The van der Waals surface area contributed by atoms with E-state index in [1.54, 1.807) is 36.4 Å². The van der Waals surface area contributed by atoms with E-state index < -0.39 is 0 Å². The maximum atomic E-state index is 12.6. The highest BCUT2D eigenvalue weighted by Crippen LogP contribution is 2.36. The third kappa shape index (κ3) is 2.88. The van der Waals surface area contributed by atoms with Gasteiger partial charge in [0.2, 0.25) is 0 Å². The van der Waals surface area contributed by atoms with Gasteiger partial charge in [-0.1, -0.05) is 12.1 Å². The average molecular weight is 348 g/mol. The SMILES string of the molecule is Nc1cccc(C(=O)c2cc3c(cc2Br)OCCCO3)c1. The van der Waals surface area contributed by atoms with Crippen molar-refractivity contribution in [2.45, 2.75) is 6.42 Å². The lowest BCUT2D eigenvalue weighted by molar-refractivity contribution is 0.103. The molecule has 2 aromatic carbocycles. The van der Waals surface area contributed by atoms with Crippen molar-refractivity contribution in [1.82, 2.24) is 0 Å². The molecule has 0 atom stereocenters. The van der Waals surface area contributed by atoms with E-state index >= 15 is 0 Å². The third-order valence-electron chi connectivity index (χ3n) is 3.23. The van der Waals surface area contributed by atoms with Gasteiger partial charge in [-0.05, 0) is 40.2 Å². The van der Waals surface area contributed by atoms with E-state index in [0.29, 0.717) is 46.0 Å². The zero-order valence-electron chi connectivity index (χ0n) is 11.3. The van der Waals surface area contributed by atoms with Gasteiger partial charge in [-0.25, -0.2) is 0 Å². The van der Waals surface area contributed by atoms with E-state index in [4.69, 9.17) is 15.2 Å². The number of benzene rings is 2. The molecule has 1 heterocycles. The van der Waals surface area contributed by atoms with Crippen LogP contribution in [0.25, 0.3) is 0 Å². The second-order valence-electron chi connectivity index (χ2n) is 4.78. The molecule has 0 saturated carbocycles. The van der Waals surface area contributed by atoms with Gasteiger partial charge in [0.25, 0.3) is 0 Å². The monoisotopic (exact) mass is 347 g/mol. The number of nitrogens with two attached hydrogens (primary N) is 1. The van der Waals surface area contributed by atoms with Crippen molar-refractivity contribution in [3.05, 3.63) is 52.0 Å². The van der Waals surface area contributed by atoms with Gasteiger partial charge >= 0.3 is 0 Å². The summed E-state index contributed by atoms with van der Waals surface area (Å²) in [6.45, 7) is 1.20. The zero-order chi connectivity index (χ0) is 14.8. The van der Waals surface area contributed by atoms with Crippen LogP contribution in [0.15, 0.2) is 40.9 Å². The molecule has 0 aromatic heterocycles. The number of ether oxygens (including phenoxy) is 2. The minimum Gasteiger partial charge on any atom is -0.490 e. The molecular formula is C16H14BrNO3. The van der Waals surface area contributed by atoms with Gasteiger partial charge in [0, 0.05) is 27.7 Å². The van der Waals surface area contributed by atoms with Crippen LogP contribution in [0.1, 0.15) is 22.3 Å². The summed E-state index contributed by atoms with van der Waals surface area (Å²) >= 11 is 3.43. The third-order valence-corrected chi connectivity index (χ3v) is 3.89. The minimum atomic E-state index is -0.107. The molecule has 0 radical (unpaired) electrons. The van der Waals surface area contributed by atoms with Crippen molar-refractivity contribution >= 4 is 27.4 Å². The van der Waals surface area contributed by atoms with Gasteiger partial charge < -0.3 is 15.2 Å². The minimum absolute atomic E-state index is 0.107. The molecule has 1 aliphatic heterocycles. The molecule has 0 saturated heterocycles. The van der Waals surface area contributed by atoms with E-state index in [2.05, 4.69) is 15.9 Å². The van der Waals surface area contributed by atoms with E-state index in [9.17, 15) is 4.79 Å². The summed E-state index contributed by atoms with van der Waals surface area (Å²) in [7, 11) is 0. The predicted octanol–water partition coefficient (Wildman–Crippen LogP) is 3.42. The van der Waals surface area contributed by atoms with E-state index in [1.165, 1.54) is 0 Å². The fourth-order valence-electron chi connectivity index (χ4n) is 2.19. The fraction of sp³-hybridized carbons (Fsp3) is 0.188. The summed E-state index contributed by atoms with van der Waals surface area (Å²) in [6.07, 6.45) is 0.824. The number of carbonyl (C=O) groups is 1. The number of hydrogen-bond acceptors (Lipinski definition) is 4. The second-order valence-corrected chi connectivity index (χ2v) is 5.64. The Bertz CT molecular complexity index is 700. The topological polar surface area (TPSA) is 61.6 Å². The molecule has 4 nitrogen and oxygen atoms in total. The number of hydrogen-bond donors (Lipinski definition) is 1. The van der Waals surface area contributed by atoms with Crippen LogP contribution in [-0.4, -0.2) is 19.0 Å². The summed E-state index contributed by atoms with van der Waals surface area (Å²) < 4.78 is 11.9. The van der Waals surface area contributed by atoms with Crippen LogP contribution in [0.2, 0.25) is 0 Å². The Balaban J connectivity index is 2.02. The number of rotatable bonds is 2. The first-order valence-corrected chi connectivity index (χ1v) is 7.44. The first-order chi connectivity index (χ1) is 10.1. The van der Waals surface area contributed by atoms with Gasteiger partial charge in [0.15, 0.2) is 17.3 Å². The maximum absolute atomic E-state index is 12.6. The molecule has 2 N–H and O–H groups in total. The van der Waals surface area contributed by atoms with Crippen molar-refractivity contribution in [2.24, 2.45) is 0 Å². The van der Waals surface area contributed by atoms with Crippen LogP contribution in [0.3, 0.4) is 0 Å². The number of nitrogen functional groups attached to an aromatic ring is 1. The molecule has 21 heavy (non-hydrogen) atoms. The zero-order valence-corrected chi connectivity index (χ0v) is 12.9. The van der Waals surface area contributed by atoms with Crippen molar-refractivity contribution < 1.29 is 14.3 Å². The summed E-state index contributed by atoms with van der Waals surface area (Å²) in [5.74, 6) is 1.15. The van der Waals surface area contributed by atoms with E-state index in [-0.39, 0.29) is 5.78 Å². The molecule has 2 aromatic rings. The highest BCUT2D eigenvalue weighted by molar-refractivity contribution is 9.10. The van der Waals surface area contributed by atoms with Gasteiger partial charge in [-0.2, -0.15) is 0 Å². The van der Waals surface area contributed by atoms with Crippen molar-refractivity contribution in [2.75, 3.05) is 18.9 Å². The van der Waals surface area contributed by atoms with Crippen molar-refractivity contribution in [3.8, 4) is 11.5 Å². The molecule has 0 bridgehead atoms. The average Bonchev–Trinajstić information content (AvgIpc) is 2.70. The number of anilines is 1. The lowest BCUT2D eigenvalue weighted by Crippen LogP contribution is -2.04. The highest BCUT2D eigenvalue weighted by Gasteiger charge is 2.19. The van der Waals surface area contributed by atoms with E-state index in [0.717, 1.165) is 6.42 Å². The number of halogens is 1. The molecule has 0 aliphatic carbocycles. The van der Waals surface area contributed by atoms with Crippen LogP contribution in [-0.2, 0) is 0 Å². The van der Waals surface area contributed by atoms with Crippen LogP contribution in [0, 0.1) is 0 Å². The smallest absolute Gasteiger partial charge is 0.194 e. The molecule has 3 rings (SSSR count). The number of ketones is 1. The van der Waals surface area contributed by atoms with Gasteiger partial charge in [-0.15, -0.1) is 0 Å². The fourth-order valence-corrected chi connectivity index (χ4v) is 2.70. The number of carbonyl (C=O) groups excluding carboxylic acids is 1. The van der Waals surface area contributed by atoms with Crippen LogP contribution in [0.5, 0.6) is 11.5 Å². The maximum Gasteiger partial charge on any atom is 0.194 e. The molecule has 0 fully saturated rings. The quantitative estimate of drug-likeness (QED) is 0.667. The van der Waals surface area contributed by atoms with Gasteiger partial charge in [0.05, 0.1) is 13.2 Å². The van der Waals surface area contributed by atoms with Crippen molar-refractivity contribution in [1.29, 1.82) is 0 Å². The summed E-state index contributed by atoms with van der Waals surface area (Å²) in [6, 6.07) is 10.4. The Morgan fingerprint density at radius 1 is 1.10 bits per heavy atom. The molecule has 0 unspecified atom stereocenters. The molecular weight excluding hydrogens is 334 g/mol. The molecule has 108 valence electrons. The van der Waals surface area contributed by atoms with Gasteiger partial charge in [0.1, 0.15) is 0 Å². The Hall–Kier alpha value is -2.01. The lowest BCUT2D eigenvalue weighted by atomic mass is 10.0.